The van der Waals surface area contributed by atoms with Gasteiger partial charge in [-0.15, -0.1) is 0 Å². The molecular weight excluding hydrogens is 226 g/mol. The highest BCUT2D eigenvalue weighted by molar-refractivity contribution is 6.02. The van der Waals surface area contributed by atoms with Crippen LogP contribution in [0.25, 0.3) is 0 Å². The summed E-state index contributed by atoms with van der Waals surface area (Å²) in [6.45, 7) is 2.12. The van der Waals surface area contributed by atoms with Gasteiger partial charge in [0.1, 0.15) is 5.78 Å². The molecule has 2 rings (SSSR count). The highest BCUT2D eigenvalue weighted by Gasteiger charge is 2.27. The van der Waals surface area contributed by atoms with Gasteiger partial charge in [-0.3, -0.25) is 4.79 Å². The quantitative estimate of drug-likeness (QED) is 0.505. The average molecular weight is 245 g/mol. The minimum absolute atomic E-state index is 0.0207. The number of rotatable bonds is 3. The SMILES string of the molecule is C[C@@H]1CC[C@H](CC(=NO)c2ccccc2)C(=O)C1. The first kappa shape index (κ1) is 12.8. The molecule has 1 fully saturated rings. The standard InChI is InChI=1S/C15H19NO2/c1-11-7-8-13(15(17)9-11)10-14(16-18)12-5-3-2-4-6-12/h2-6,11,13,18H,7-10H2,1H3/t11-,13-/m1/s1. The molecule has 0 unspecified atom stereocenters. The molecule has 0 heterocycles. The maximum atomic E-state index is 12.0. The lowest BCUT2D eigenvalue weighted by Gasteiger charge is -2.25. The Balaban J connectivity index is 2.06. The summed E-state index contributed by atoms with van der Waals surface area (Å²) in [6.07, 6.45) is 3.21. The molecule has 1 aliphatic rings. The molecule has 0 radical (unpaired) electrons. The summed E-state index contributed by atoms with van der Waals surface area (Å²) < 4.78 is 0. The summed E-state index contributed by atoms with van der Waals surface area (Å²) >= 11 is 0. The zero-order chi connectivity index (χ0) is 13.0. The second kappa shape index (κ2) is 5.80. The first-order chi connectivity index (χ1) is 8.70. The van der Waals surface area contributed by atoms with E-state index in [1.165, 1.54) is 0 Å². The van der Waals surface area contributed by atoms with E-state index >= 15 is 0 Å². The van der Waals surface area contributed by atoms with E-state index in [1.807, 2.05) is 30.3 Å². The number of ketones is 1. The van der Waals surface area contributed by atoms with Crippen LogP contribution in [0.3, 0.4) is 0 Å². The predicted octanol–water partition coefficient (Wildman–Crippen LogP) is 3.26. The van der Waals surface area contributed by atoms with E-state index in [0.29, 0.717) is 30.3 Å². The van der Waals surface area contributed by atoms with Gasteiger partial charge in [0.05, 0.1) is 5.71 Å². The fourth-order valence-electron chi connectivity index (χ4n) is 2.56. The summed E-state index contributed by atoms with van der Waals surface area (Å²) in [6, 6.07) is 9.55. The fraction of sp³-hybridized carbons (Fsp3) is 0.467. The van der Waals surface area contributed by atoms with Crippen molar-refractivity contribution in [1.29, 1.82) is 0 Å². The molecule has 1 N–H and O–H groups in total. The topological polar surface area (TPSA) is 49.7 Å². The number of hydrogen-bond donors (Lipinski definition) is 1. The predicted molar refractivity (Wildman–Crippen MR) is 70.9 cm³/mol. The number of carbonyl (C=O) groups is 1. The average Bonchev–Trinajstić information content (AvgIpc) is 2.39. The van der Waals surface area contributed by atoms with Gasteiger partial charge >= 0.3 is 0 Å². The Kier molecular flexibility index (Phi) is 4.13. The van der Waals surface area contributed by atoms with Gasteiger partial charge in [0.25, 0.3) is 0 Å². The van der Waals surface area contributed by atoms with Gasteiger partial charge in [-0.05, 0) is 24.3 Å². The second-order valence-corrected chi connectivity index (χ2v) is 5.17. The Morgan fingerprint density at radius 1 is 1.33 bits per heavy atom. The number of Topliss-reactive ketones (excluding diaryl/α,β-unsaturated/α-hetero) is 1. The third kappa shape index (κ3) is 2.97. The van der Waals surface area contributed by atoms with Crippen LogP contribution in [0.2, 0.25) is 0 Å². The molecule has 1 aromatic carbocycles. The summed E-state index contributed by atoms with van der Waals surface area (Å²) in [5, 5.41) is 12.5. The van der Waals surface area contributed by atoms with Crippen LogP contribution in [0.4, 0.5) is 0 Å². The van der Waals surface area contributed by atoms with Crippen molar-refractivity contribution in [2.24, 2.45) is 17.0 Å². The van der Waals surface area contributed by atoms with Gasteiger partial charge in [-0.1, -0.05) is 42.4 Å². The molecule has 0 saturated heterocycles. The molecule has 1 saturated carbocycles. The molecule has 0 aliphatic heterocycles. The molecule has 3 heteroatoms. The molecule has 3 nitrogen and oxygen atoms in total. The highest BCUT2D eigenvalue weighted by Crippen LogP contribution is 2.28. The molecule has 2 atom stereocenters. The number of oxime groups is 1. The van der Waals surface area contributed by atoms with Crippen molar-refractivity contribution in [1.82, 2.24) is 0 Å². The van der Waals surface area contributed by atoms with Crippen molar-refractivity contribution >= 4 is 11.5 Å². The first-order valence-corrected chi connectivity index (χ1v) is 6.49. The van der Waals surface area contributed by atoms with E-state index in [1.54, 1.807) is 0 Å². The minimum atomic E-state index is 0.0207. The summed E-state index contributed by atoms with van der Waals surface area (Å²) in [4.78, 5) is 12.0. The molecule has 96 valence electrons. The molecular formula is C15H19NO2. The van der Waals surface area contributed by atoms with Crippen LogP contribution in [-0.2, 0) is 4.79 Å². The second-order valence-electron chi connectivity index (χ2n) is 5.17. The van der Waals surface area contributed by atoms with Crippen molar-refractivity contribution in [3.8, 4) is 0 Å². The lowest BCUT2D eigenvalue weighted by Crippen LogP contribution is -2.26. The van der Waals surface area contributed by atoms with E-state index in [-0.39, 0.29) is 5.92 Å². The smallest absolute Gasteiger partial charge is 0.136 e. The molecule has 0 bridgehead atoms. The van der Waals surface area contributed by atoms with Crippen LogP contribution in [-0.4, -0.2) is 16.7 Å². The Morgan fingerprint density at radius 2 is 2.06 bits per heavy atom. The van der Waals surface area contributed by atoms with E-state index in [2.05, 4.69) is 12.1 Å². The molecule has 1 aromatic rings. The molecule has 0 amide bonds. The van der Waals surface area contributed by atoms with Crippen LogP contribution in [0.15, 0.2) is 35.5 Å². The number of benzene rings is 1. The summed E-state index contributed by atoms with van der Waals surface area (Å²) in [5.41, 5.74) is 1.51. The zero-order valence-electron chi connectivity index (χ0n) is 10.7. The Bertz CT molecular complexity index is 439. The maximum absolute atomic E-state index is 12.0. The van der Waals surface area contributed by atoms with Gasteiger partial charge < -0.3 is 5.21 Å². The lowest BCUT2D eigenvalue weighted by molar-refractivity contribution is -0.125. The third-order valence-corrected chi connectivity index (χ3v) is 3.68. The minimum Gasteiger partial charge on any atom is -0.411 e. The van der Waals surface area contributed by atoms with Crippen LogP contribution in [0, 0.1) is 11.8 Å². The van der Waals surface area contributed by atoms with Crippen molar-refractivity contribution in [2.75, 3.05) is 0 Å². The first-order valence-electron chi connectivity index (χ1n) is 6.49. The fourth-order valence-corrected chi connectivity index (χ4v) is 2.56. The molecule has 1 aliphatic carbocycles. The van der Waals surface area contributed by atoms with Crippen LogP contribution in [0.1, 0.15) is 38.2 Å². The number of hydrogen-bond acceptors (Lipinski definition) is 3. The molecule has 18 heavy (non-hydrogen) atoms. The monoisotopic (exact) mass is 245 g/mol. The Morgan fingerprint density at radius 3 is 2.67 bits per heavy atom. The van der Waals surface area contributed by atoms with Crippen molar-refractivity contribution in [2.45, 2.75) is 32.6 Å². The Labute approximate surface area is 108 Å². The number of nitrogens with zero attached hydrogens (tertiary/aromatic N) is 1. The van der Waals surface area contributed by atoms with Crippen LogP contribution >= 0.6 is 0 Å². The largest absolute Gasteiger partial charge is 0.411 e. The van der Waals surface area contributed by atoms with Gasteiger partial charge in [-0.25, -0.2) is 0 Å². The maximum Gasteiger partial charge on any atom is 0.136 e. The van der Waals surface area contributed by atoms with E-state index in [9.17, 15) is 4.79 Å². The summed E-state index contributed by atoms with van der Waals surface area (Å²) in [5.74, 6) is 0.832. The summed E-state index contributed by atoms with van der Waals surface area (Å²) in [7, 11) is 0. The van der Waals surface area contributed by atoms with Gasteiger partial charge in [0.15, 0.2) is 0 Å². The van der Waals surface area contributed by atoms with Crippen molar-refractivity contribution < 1.29 is 10.0 Å². The molecule has 0 spiro atoms. The number of carbonyl (C=O) groups excluding carboxylic acids is 1. The van der Waals surface area contributed by atoms with Crippen LogP contribution in [0.5, 0.6) is 0 Å². The van der Waals surface area contributed by atoms with Crippen molar-refractivity contribution in [3.05, 3.63) is 35.9 Å². The van der Waals surface area contributed by atoms with Crippen LogP contribution < -0.4 is 0 Å². The van der Waals surface area contributed by atoms with E-state index < -0.39 is 0 Å². The van der Waals surface area contributed by atoms with Gasteiger partial charge in [0.2, 0.25) is 0 Å². The van der Waals surface area contributed by atoms with Crippen molar-refractivity contribution in [3.63, 3.8) is 0 Å². The normalized spacial score (nSPS) is 25.2. The van der Waals surface area contributed by atoms with E-state index in [4.69, 9.17) is 5.21 Å². The third-order valence-electron chi connectivity index (χ3n) is 3.68. The zero-order valence-corrected chi connectivity index (χ0v) is 10.7. The van der Waals surface area contributed by atoms with Gasteiger partial charge in [-0.2, -0.15) is 0 Å². The molecule has 0 aromatic heterocycles. The van der Waals surface area contributed by atoms with Gasteiger partial charge in [0, 0.05) is 18.8 Å². The lowest BCUT2D eigenvalue weighted by atomic mass is 9.79. The van der Waals surface area contributed by atoms with E-state index in [0.717, 1.165) is 18.4 Å². The highest BCUT2D eigenvalue weighted by atomic mass is 16.4. The Hall–Kier alpha value is -1.64.